The molecule has 4 rings (SSSR count). The predicted molar refractivity (Wildman–Crippen MR) is 89.0 cm³/mol. The molecule has 3 unspecified atom stereocenters. The lowest BCUT2D eigenvalue weighted by Crippen LogP contribution is -2.35. The number of phenolic OH excluding ortho intramolecular Hbond substituents is 1. The molecule has 0 radical (unpaired) electrons. The average molecular weight is 338 g/mol. The van der Waals surface area contributed by atoms with Crippen molar-refractivity contribution in [3.8, 4) is 5.75 Å². The highest BCUT2D eigenvalue weighted by Gasteiger charge is 2.58. The summed E-state index contributed by atoms with van der Waals surface area (Å²) < 4.78 is 0. The molecule has 0 aliphatic carbocycles. The number of hydroxylamine groups is 2. The monoisotopic (exact) mass is 338 g/mol. The number of imide groups is 1. The second-order valence-electron chi connectivity index (χ2n) is 6.38. The van der Waals surface area contributed by atoms with E-state index in [4.69, 9.17) is 4.84 Å². The van der Waals surface area contributed by atoms with Gasteiger partial charge in [0.2, 0.25) is 5.91 Å². The van der Waals surface area contributed by atoms with E-state index < -0.39 is 12.0 Å². The van der Waals surface area contributed by atoms with E-state index in [-0.39, 0.29) is 30.2 Å². The Morgan fingerprint density at radius 2 is 1.68 bits per heavy atom. The number of rotatable bonds is 3. The number of likely N-dealkylation sites (tertiary alicyclic amines) is 1. The molecule has 2 amide bonds. The molecule has 2 aliphatic rings. The number of fused-ring (bicyclic) bond motifs is 1. The smallest absolute Gasteiger partial charge is 0.261 e. The molecule has 2 aromatic rings. The predicted octanol–water partition coefficient (Wildman–Crippen LogP) is 1.86. The summed E-state index contributed by atoms with van der Waals surface area (Å²) in [5.74, 6) is -0.944. The van der Waals surface area contributed by atoms with Crippen molar-refractivity contribution in [2.45, 2.75) is 18.7 Å². The van der Waals surface area contributed by atoms with Crippen molar-refractivity contribution >= 4 is 11.8 Å². The van der Waals surface area contributed by atoms with Crippen molar-refractivity contribution in [3.63, 3.8) is 0 Å². The molecule has 2 aromatic carbocycles. The Bertz CT molecular complexity index is 806. The zero-order chi connectivity index (χ0) is 17.6. The molecule has 1 N–H and O–H groups in total. The van der Waals surface area contributed by atoms with Crippen LogP contribution in [0.2, 0.25) is 0 Å². The molecule has 6 heteroatoms. The number of carbonyl (C=O) groups excluding carboxylic acids is 2. The lowest BCUT2D eigenvalue weighted by atomic mass is 9.91. The van der Waals surface area contributed by atoms with Gasteiger partial charge in [-0.15, -0.1) is 0 Å². The van der Waals surface area contributed by atoms with E-state index in [1.807, 2.05) is 30.3 Å². The molecule has 2 heterocycles. The van der Waals surface area contributed by atoms with Gasteiger partial charge < -0.3 is 5.11 Å². The Morgan fingerprint density at radius 1 is 1.00 bits per heavy atom. The molecular formula is C19H18N2O4. The largest absolute Gasteiger partial charge is 0.508 e. The van der Waals surface area contributed by atoms with Crippen LogP contribution in [0.15, 0.2) is 54.6 Å². The van der Waals surface area contributed by atoms with Gasteiger partial charge in [0, 0.05) is 7.05 Å². The SMILES string of the molecule is CN1OC2C(=O)N(Cc3ccccc3)C(=O)C2C1c1ccc(O)cc1. The summed E-state index contributed by atoms with van der Waals surface area (Å²) in [5.41, 5.74) is 1.73. The van der Waals surface area contributed by atoms with Crippen molar-refractivity contribution in [2.75, 3.05) is 7.05 Å². The van der Waals surface area contributed by atoms with Crippen molar-refractivity contribution in [1.29, 1.82) is 0 Å². The van der Waals surface area contributed by atoms with Gasteiger partial charge in [0.1, 0.15) is 5.75 Å². The highest BCUT2D eigenvalue weighted by molar-refractivity contribution is 6.07. The molecule has 0 spiro atoms. The van der Waals surface area contributed by atoms with Crippen molar-refractivity contribution < 1.29 is 19.5 Å². The first-order chi connectivity index (χ1) is 12.1. The van der Waals surface area contributed by atoms with Crippen LogP contribution >= 0.6 is 0 Å². The third-order valence-electron chi connectivity index (χ3n) is 4.82. The van der Waals surface area contributed by atoms with E-state index in [2.05, 4.69) is 0 Å². The van der Waals surface area contributed by atoms with Gasteiger partial charge in [-0.2, -0.15) is 5.06 Å². The zero-order valence-electron chi connectivity index (χ0n) is 13.7. The molecule has 0 aromatic heterocycles. The number of benzene rings is 2. The molecule has 6 nitrogen and oxygen atoms in total. The number of hydrogen-bond donors (Lipinski definition) is 1. The minimum atomic E-state index is -0.792. The van der Waals surface area contributed by atoms with Gasteiger partial charge in [-0.05, 0) is 23.3 Å². The minimum absolute atomic E-state index is 0.154. The number of aromatic hydroxyl groups is 1. The van der Waals surface area contributed by atoms with Gasteiger partial charge in [-0.25, -0.2) is 0 Å². The van der Waals surface area contributed by atoms with Crippen molar-refractivity contribution in [3.05, 3.63) is 65.7 Å². The van der Waals surface area contributed by atoms with Crippen molar-refractivity contribution in [2.24, 2.45) is 5.92 Å². The first kappa shape index (κ1) is 15.8. The molecule has 2 fully saturated rings. The maximum Gasteiger partial charge on any atom is 0.261 e. The molecule has 128 valence electrons. The van der Waals surface area contributed by atoms with Crippen LogP contribution in [0.1, 0.15) is 17.2 Å². The summed E-state index contributed by atoms with van der Waals surface area (Å²) in [6.45, 7) is 0.251. The van der Waals surface area contributed by atoms with E-state index in [1.165, 1.54) is 4.90 Å². The minimum Gasteiger partial charge on any atom is -0.508 e. The van der Waals surface area contributed by atoms with Gasteiger partial charge in [-0.1, -0.05) is 42.5 Å². The Hall–Kier alpha value is -2.70. The third-order valence-corrected chi connectivity index (χ3v) is 4.82. The maximum absolute atomic E-state index is 12.9. The third kappa shape index (κ3) is 2.59. The van der Waals surface area contributed by atoms with Gasteiger partial charge in [0.05, 0.1) is 18.5 Å². The summed E-state index contributed by atoms with van der Waals surface area (Å²) >= 11 is 0. The van der Waals surface area contributed by atoms with Gasteiger partial charge in [0.15, 0.2) is 6.10 Å². The normalized spacial score (nSPS) is 26.3. The Kier molecular flexibility index (Phi) is 3.78. The number of carbonyl (C=O) groups is 2. The highest BCUT2D eigenvalue weighted by atomic mass is 16.7. The number of nitrogens with zero attached hydrogens (tertiary/aromatic N) is 2. The van der Waals surface area contributed by atoms with E-state index in [0.717, 1.165) is 11.1 Å². The second-order valence-corrected chi connectivity index (χ2v) is 6.38. The molecule has 0 bridgehead atoms. The van der Waals surface area contributed by atoms with Crippen LogP contribution in [-0.4, -0.2) is 40.0 Å². The van der Waals surface area contributed by atoms with E-state index in [9.17, 15) is 14.7 Å². The molecule has 25 heavy (non-hydrogen) atoms. The summed E-state index contributed by atoms with van der Waals surface area (Å²) in [6, 6.07) is 15.7. The molecule has 2 saturated heterocycles. The van der Waals surface area contributed by atoms with E-state index in [0.29, 0.717) is 0 Å². The fourth-order valence-corrected chi connectivity index (χ4v) is 3.62. The molecule has 3 atom stereocenters. The first-order valence-electron chi connectivity index (χ1n) is 8.14. The fraction of sp³-hybridized carbons (Fsp3) is 0.263. The molecule has 0 saturated carbocycles. The average Bonchev–Trinajstić information content (AvgIpc) is 3.07. The Morgan fingerprint density at radius 3 is 2.36 bits per heavy atom. The number of amides is 2. The van der Waals surface area contributed by atoms with Crippen LogP contribution in [0, 0.1) is 5.92 Å². The lowest BCUT2D eigenvalue weighted by molar-refractivity contribution is -0.170. The molecule has 2 aliphatic heterocycles. The van der Waals surface area contributed by atoms with Crippen molar-refractivity contribution in [1.82, 2.24) is 9.96 Å². The van der Waals surface area contributed by atoms with Crippen LogP contribution in [0.5, 0.6) is 5.75 Å². The summed E-state index contributed by atoms with van der Waals surface area (Å²) in [5, 5.41) is 11.0. The van der Waals surface area contributed by atoms with Crippen LogP contribution in [0.3, 0.4) is 0 Å². The zero-order valence-corrected chi connectivity index (χ0v) is 13.7. The summed E-state index contributed by atoms with van der Waals surface area (Å²) in [6.07, 6.45) is -0.792. The second kappa shape index (κ2) is 5.98. The highest BCUT2D eigenvalue weighted by Crippen LogP contribution is 2.44. The molecular weight excluding hydrogens is 320 g/mol. The number of phenols is 1. The van der Waals surface area contributed by atoms with Gasteiger partial charge >= 0.3 is 0 Å². The standard InChI is InChI=1S/C19H18N2O4/c1-20-16(13-7-9-14(22)10-8-13)15-17(25-20)19(24)21(18(15)23)11-12-5-3-2-4-6-12/h2-10,15-17,22H,11H2,1H3. The quantitative estimate of drug-likeness (QED) is 0.865. The lowest BCUT2D eigenvalue weighted by Gasteiger charge is -2.24. The maximum atomic E-state index is 12.9. The van der Waals surface area contributed by atoms with Gasteiger partial charge in [0.25, 0.3) is 5.91 Å². The van der Waals surface area contributed by atoms with E-state index >= 15 is 0 Å². The number of hydrogen-bond acceptors (Lipinski definition) is 5. The topological polar surface area (TPSA) is 70.1 Å². The Labute approximate surface area is 145 Å². The van der Waals surface area contributed by atoms with Crippen LogP contribution in [0.4, 0.5) is 0 Å². The van der Waals surface area contributed by atoms with Crippen LogP contribution in [0.25, 0.3) is 0 Å². The fourth-order valence-electron chi connectivity index (χ4n) is 3.62. The Balaban J connectivity index is 1.63. The summed E-state index contributed by atoms with van der Waals surface area (Å²) in [4.78, 5) is 32.6. The van der Waals surface area contributed by atoms with E-state index in [1.54, 1.807) is 36.4 Å². The van der Waals surface area contributed by atoms with Crippen LogP contribution in [-0.2, 0) is 21.0 Å². The summed E-state index contributed by atoms with van der Waals surface area (Å²) in [7, 11) is 1.72. The first-order valence-corrected chi connectivity index (χ1v) is 8.14. The van der Waals surface area contributed by atoms with Gasteiger partial charge in [-0.3, -0.25) is 19.3 Å². The van der Waals surface area contributed by atoms with Crippen LogP contribution < -0.4 is 0 Å².